The molecule has 18 heavy (non-hydrogen) atoms. The molecule has 0 aromatic heterocycles. The fraction of sp³-hybridized carbons (Fsp3) is 0.571. The molecule has 0 aliphatic carbocycles. The van der Waals surface area contributed by atoms with E-state index in [2.05, 4.69) is 10.6 Å². The molecule has 0 amide bonds. The van der Waals surface area contributed by atoms with Crippen LogP contribution in [-0.2, 0) is 0 Å². The zero-order valence-electron chi connectivity index (χ0n) is 11.5. The summed E-state index contributed by atoms with van der Waals surface area (Å²) in [6, 6.07) is 7.81. The largest absolute Gasteiger partial charge is 0.391 e. The van der Waals surface area contributed by atoms with Crippen LogP contribution in [-0.4, -0.2) is 34.5 Å². The Labute approximate surface area is 109 Å². The van der Waals surface area contributed by atoms with Crippen LogP contribution < -0.4 is 10.6 Å². The van der Waals surface area contributed by atoms with E-state index in [1.807, 2.05) is 38.1 Å². The molecule has 4 atom stereocenters. The van der Waals surface area contributed by atoms with Gasteiger partial charge in [0.15, 0.2) is 0 Å². The van der Waals surface area contributed by atoms with E-state index in [0.717, 1.165) is 11.4 Å². The summed E-state index contributed by atoms with van der Waals surface area (Å²) in [7, 11) is 0. The van der Waals surface area contributed by atoms with E-state index in [1.54, 1.807) is 13.8 Å². The minimum atomic E-state index is -0.405. The first kappa shape index (κ1) is 14.8. The number of aliphatic hydroxyl groups is 2. The summed E-state index contributed by atoms with van der Waals surface area (Å²) in [4.78, 5) is 0. The molecule has 0 aliphatic rings. The van der Waals surface area contributed by atoms with Crippen molar-refractivity contribution in [2.24, 2.45) is 0 Å². The van der Waals surface area contributed by atoms with Gasteiger partial charge in [-0.3, -0.25) is 0 Å². The average molecular weight is 252 g/mol. The van der Waals surface area contributed by atoms with Crippen LogP contribution in [0.3, 0.4) is 0 Å². The van der Waals surface area contributed by atoms with E-state index in [4.69, 9.17) is 0 Å². The number of aliphatic hydroxyl groups excluding tert-OH is 2. The van der Waals surface area contributed by atoms with Gasteiger partial charge < -0.3 is 20.8 Å². The van der Waals surface area contributed by atoms with Crippen LogP contribution in [0.2, 0.25) is 0 Å². The summed E-state index contributed by atoms with van der Waals surface area (Å²) in [5, 5.41) is 25.4. The molecular weight excluding hydrogens is 228 g/mol. The van der Waals surface area contributed by atoms with Gasteiger partial charge in [0.05, 0.1) is 12.2 Å². The first-order valence-corrected chi connectivity index (χ1v) is 6.39. The van der Waals surface area contributed by atoms with Gasteiger partial charge in [-0.05, 0) is 45.9 Å². The number of nitrogens with one attached hydrogen (secondary N) is 2. The highest BCUT2D eigenvalue weighted by atomic mass is 16.3. The van der Waals surface area contributed by atoms with Gasteiger partial charge in [0.2, 0.25) is 0 Å². The molecule has 4 heteroatoms. The van der Waals surface area contributed by atoms with Crippen LogP contribution in [0.1, 0.15) is 27.7 Å². The van der Waals surface area contributed by atoms with Crippen molar-refractivity contribution in [2.75, 3.05) is 10.6 Å². The molecule has 1 aromatic rings. The Morgan fingerprint density at radius 1 is 0.833 bits per heavy atom. The maximum atomic E-state index is 9.46. The summed E-state index contributed by atoms with van der Waals surface area (Å²) < 4.78 is 0. The number of hydrogen-bond donors (Lipinski definition) is 4. The van der Waals surface area contributed by atoms with Crippen molar-refractivity contribution in [2.45, 2.75) is 52.0 Å². The van der Waals surface area contributed by atoms with Crippen molar-refractivity contribution in [3.05, 3.63) is 24.3 Å². The van der Waals surface area contributed by atoms with Gasteiger partial charge >= 0.3 is 0 Å². The normalized spacial score (nSPS) is 17.7. The highest BCUT2D eigenvalue weighted by Crippen LogP contribution is 2.17. The van der Waals surface area contributed by atoms with E-state index in [-0.39, 0.29) is 12.1 Å². The molecule has 0 aliphatic heterocycles. The molecule has 4 unspecified atom stereocenters. The Hall–Kier alpha value is -1.26. The molecule has 102 valence electrons. The Balaban J connectivity index is 2.67. The molecule has 1 aromatic carbocycles. The predicted octanol–water partition coefficient (Wildman–Crippen LogP) is 2.05. The van der Waals surface area contributed by atoms with Crippen molar-refractivity contribution < 1.29 is 10.2 Å². The lowest BCUT2D eigenvalue weighted by Gasteiger charge is -2.21. The molecule has 0 saturated heterocycles. The Morgan fingerprint density at radius 2 is 1.22 bits per heavy atom. The van der Waals surface area contributed by atoms with Crippen LogP contribution in [0.25, 0.3) is 0 Å². The van der Waals surface area contributed by atoms with E-state index < -0.39 is 12.2 Å². The van der Waals surface area contributed by atoms with Crippen LogP contribution in [0.4, 0.5) is 11.4 Å². The summed E-state index contributed by atoms with van der Waals surface area (Å²) >= 11 is 0. The monoisotopic (exact) mass is 252 g/mol. The zero-order valence-corrected chi connectivity index (χ0v) is 11.5. The minimum absolute atomic E-state index is 0.00515. The number of rotatable bonds is 6. The van der Waals surface area contributed by atoms with Crippen molar-refractivity contribution in [1.29, 1.82) is 0 Å². The van der Waals surface area contributed by atoms with Gasteiger partial charge in [-0.25, -0.2) is 0 Å². The predicted molar refractivity (Wildman–Crippen MR) is 76.0 cm³/mol. The molecule has 0 bridgehead atoms. The van der Waals surface area contributed by atoms with E-state index in [1.165, 1.54) is 0 Å². The highest BCUT2D eigenvalue weighted by molar-refractivity contribution is 5.57. The number of anilines is 2. The molecule has 4 nitrogen and oxygen atoms in total. The van der Waals surface area contributed by atoms with E-state index >= 15 is 0 Å². The van der Waals surface area contributed by atoms with Gasteiger partial charge in [-0.1, -0.05) is 6.07 Å². The highest BCUT2D eigenvalue weighted by Gasteiger charge is 2.10. The third-order valence-electron chi connectivity index (χ3n) is 3.10. The first-order valence-electron chi connectivity index (χ1n) is 6.39. The molecule has 0 radical (unpaired) electrons. The Morgan fingerprint density at radius 3 is 1.56 bits per heavy atom. The molecule has 0 saturated carbocycles. The van der Waals surface area contributed by atoms with Crippen molar-refractivity contribution in [1.82, 2.24) is 0 Å². The molecule has 0 heterocycles. The number of hydrogen-bond acceptors (Lipinski definition) is 4. The molecular formula is C14H24N2O2. The fourth-order valence-electron chi connectivity index (χ4n) is 1.47. The average Bonchev–Trinajstić information content (AvgIpc) is 2.29. The van der Waals surface area contributed by atoms with E-state index in [9.17, 15) is 10.2 Å². The van der Waals surface area contributed by atoms with Gasteiger partial charge in [-0.15, -0.1) is 0 Å². The summed E-state index contributed by atoms with van der Waals surface area (Å²) in [6.45, 7) is 7.39. The van der Waals surface area contributed by atoms with Crippen LogP contribution in [0.15, 0.2) is 24.3 Å². The second-order valence-corrected chi connectivity index (χ2v) is 4.93. The van der Waals surface area contributed by atoms with Gasteiger partial charge in [0.1, 0.15) is 0 Å². The summed E-state index contributed by atoms with van der Waals surface area (Å²) in [5.41, 5.74) is 1.90. The lowest BCUT2D eigenvalue weighted by atomic mass is 10.1. The first-order chi connectivity index (χ1) is 8.40. The standard InChI is InChI=1S/C14H24N2O2/c1-9(11(3)17)15-13-6-5-7-14(8-13)16-10(2)12(4)18/h5-12,15-18H,1-4H3. The maximum Gasteiger partial charge on any atom is 0.0710 e. The molecule has 0 spiro atoms. The lowest BCUT2D eigenvalue weighted by Crippen LogP contribution is -2.29. The van der Waals surface area contributed by atoms with Crippen molar-refractivity contribution in [3.63, 3.8) is 0 Å². The maximum absolute atomic E-state index is 9.46. The Bertz CT molecular complexity index is 335. The van der Waals surface area contributed by atoms with Crippen molar-refractivity contribution in [3.8, 4) is 0 Å². The SMILES string of the molecule is CC(O)C(C)Nc1cccc(NC(C)C(C)O)c1. The molecule has 0 fully saturated rings. The smallest absolute Gasteiger partial charge is 0.0710 e. The van der Waals surface area contributed by atoms with Gasteiger partial charge in [-0.2, -0.15) is 0 Å². The summed E-state index contributed by atoms with van der Waals surface area (Å²) in [6.07, 6.45) is -0.809. The number of benzene rings is 1. The second kappa shape index (κ2) is 6.61. The van der Waals surface area contributed by atoms with Gasteiger partial charge in [0, 0.05) is 23.5 Å². The zero-order chi connectivity index (χ0) is 13.7. The molecule has 1 rings (SSSR count). The van der Waals surface area contributed by atoms with Crippen LogP contribution in [0, 0.1) is 0 Å². The van der Waals surface area contributed by atoms with Crippen molar-refractivity contribution >= 4 is 11.4 Å². The Kier molecular flexibility index (Phi) is 5.44. The topological polar surface area (TPSA) is 64.5 Å². The quantitative estimate of drug-likeness (QED) is 0.625. The van der Waals surface area contributed by atoms with E-state index in [0.29, 0.717) is 0 Å². The van der Waals surface area contributed by atoms with Crippen LogP contribution in [0.5, 0.6) is 0 Å². The second-order valence-electron chi connectivity index (χ2n) is 4.93. The van der Waals surface area contributed by atoms with Gasteiger partial charge in [0.25, 0.3) is 0 Å². The third-order valence-corrected chi connectivity index (χ3v) is 3.10. The fourth-order valence-corrected chi connectivity index (χ4v) is 1.47. The minimum Gasteiger partial charge on any atom is -0.391 e. The lowest BCUT2D eigenvalue weighted by molar-refractivity contribution is 0.178. The third kappa shape index (κ3) is 4.55. The van der Waals surface area contributed by atoms with Crippen LogP contribution >= 0.6 is 0 Å². The summed E-state index contributed by atoms with van der Waals surface area (Å²) in [5.74, 6) is 0. The molecule has 4 N–H and O–H groups in total.